The Morgan fingerprint density at radius 2 is 1.55 bits per heavy atom. The molecule has 3 aliphatic heterocycles. The van der Waals surface area contributed by atoms with Crippen LogP contribution in [0.25, 0.3) is 0 Å². The molecule has 0 spiro atoms. The molecule has 154 valence electrons. The Bertz CT molecular complexity index is 800. The van der Waals surface area contributed by atoms with Crippen molar-refractivity contribution in [2.45, 2.75) is 49.5 Å². The molecule has 3 heterocycles. The molecule has 3 aliphatic rings. The average Bonchev–Trinajstić information content (AvgIpc) is 3.32. The highest BCUT2D eigenvalue weighted by molar-refractivity contribution is 5.19. The quantitative estimate of drug-likeness (QED) is 0.715. The summed E-state index contributed by atoms with van der Waals surface area (Å²) in [6.07, 6.45) is -1.67. The van der Waals surface area contributed by atoms with E-state index in [1.54, 1.807) is 7.11 Å². The van der Waals surface area contributed by atoms with E-state index < -0.39 is 11.9 Å². The van der Waals surface area contributed by atoms with Crippen LogP contribution in [0, 0.1) is 0 Å². The molecule has 2 aromatic carbocycles. The van der Waals surface area contributed by atoms with E-state index in [2.05, 4.69) is 0 Å². The van der Waals surface area contributed by atoms with Gasteiger partial charge in [-0.05, 0) is 11.1 Å². The van der Waals surface area contributed by atoms with E-state index in [0.717, 1.165) is 11.1 Å². The number of benzene rings is 2. The third-order valence-corrected chi connectivity index (χ3v) is 6.02. The summed E-state index contributed by atoms with van der Waals surface area (Å²) in [7, 11) is 1.63. The molecule has 3 saturated heterocycles. The second-order valence-electron chi connectivity index (χ2n) is 7.70. The normalized spacial score (nSPS) is 35.6. The predicted molar refractivity (Wildman–Crippen MR) is 104 cm³/mol. The summed E-state index contributed by atoms with van der Waals surface area (Å²) in [6, 6.07) is 20.2. The first-order valence-corrected chi connectivity index (χ1v) is 10.1. The van der Waals surface area contributed by atoms with Crippen LogP contribution in [0.1, 0.15) is 11.1 Å². The van der Waals surface area contributed by atoms with Crippen LogP contribution in [0.5, 0.6) is 0 Å². The topological polar surface area (TPSA) is 55.4 Å². The van der Waals surface area contributed by atoms with Crippen molar-refractivity contribution in [1.82, 2.24) is 0 Å². The van der Waals surface area contributed by atoms with E-state index in [1.807, 2.05) is 60.7 Å². The van der Waals surface area contributed by atoms with Crippen LogP contribution in [0.4, 0.5) is 0 Å². The Balaban J connectivity index is 1.38. The van der Waals surface area contributed by atoms with Crippen molar-refractivity contribution in [2.75, 3.05) is 20.3 Å². The fourth-order valence-electron chi connectivity index (χ4n) is 4.58. The Morgan fingerprint density at radius 3 is 2.24 bits per heavy atom. The minimum Gasteiger partial charge on any atom is -0.370 e. The smallest absolute Gasteiger partial charge is 0.187 e. The maximum Gasteiger partial charge on any atom is 0.187 e. The fourth-order valence-corrected chi connectivity index (χ4v) is 4.58. The lowest BCUT2D eigenvalue weighted by Crippen LogP contribution is -2.64. The van der Waals surface area contributed by atoms with Gasteiger partial charge in [-0.3, -0.25) is 0 Å². The van der Waals surface area contributed by atoms with Crippen molar-refractivity contribution in [3.63, 3.8) is 0 Å². The molecule has 0 N–H and O–H groups in total. The van der Waals surface area contributed by atoms with E-state index in [9.17, 15) is 0 Å². The molecule has 0 amide bonds. The summed E-state index contributed by atoms with van der Waals surface area (Å²) < 4.78 is 36.8. The molecule has 6 atom stereocenters. The van der Waals surface area contributed by atoms with Gasteiger partial charge in [0.1, 0.15) is 24.4 Å². The molecule has 29 heavy (non-hydrogen) atoms. The van der Waals surface area contributed by atoms with Gasteiger partial charge in [0.2, 0.25) is 0 Å². The van der Waals surface area contributed by atoms with Crippen molar-refractivity contribution in [3.8, 4) is 0 Å². The summed E-state index contributed by atoms with van der Waals surface area (Å²) in [4.78, 5) is 0. The molecular formula is C23H26O6. The summed E-state index contributed by atoms with van der Waals surface area (Å²) >= 11 is 0. The zero-order valence-electron chi connectivity index (χ0n) is 16.4. The molecule has 2 aromatic rings. The van der Waals surface area contributed by atoms with Gasteiger partial charge in [-0.2, -0.15) is 0 Å². The van der Waals surface area contributed by atoms with Gasteiger partial charge in [-0.1, -0.05) is 60.7 Å². The minimum atomic E-state index is -0.754. The number of ether oxygens (including phenoxy) is 6. The first-order valence-electron chi connectivity index (χ1n) is 10.1. The van der Waals surface area contributed by atoms with E-state index >= 15 is 0 Å². The van der Waals surface area contributed by atoms with Crippen LogP contribution in [0.15, 0.2) is 60.7 Å². The SMILES string of the molecule is CO[C@@H]1O[C@@H]2[C@H](OCc3ccccc3)CO[C@@H]3CO[C@H]1[C@]23OCc1ccccc1. The monoisotopic (exact) mass is 398 g/mol. The van der Waals surface area contributed by atoms with Gasteiger partial charge in [-0.25, -0.2) is 0 Å². The molecule has 0 aromatic heterocycles. The van der Waals surface area contributed by atoms with E-state index in [1.165, 1.54) is 0 Å². The number of rotatable bonds is 7. The first kappa shape index (κ1) is 19.2. The first-order chi connectivity index (χ1) is 14.3. The fraction of sp³-hybridized carbons (Fsp3) is 0.478. The van der Waals surface area contributed by atoms with Crippen molar-refractivity contribution < 1.29 is 28.4 Å². The van der Waals surface area contributed by atoms with Gasteiger partial charge < -0.3 is 28.4 Å². The largest absolute Gasteiger partial charge is 0.370 e. The third kappa shape index (κ3) is 3.40. The Hall–Kier alpha value is -1.80. The van der Waals surface area contributed by atoms with Crippen LogP contribution >= 0.6 is 0 Å². The van der Waals surface area contributed by atoms with Gasteiger partial charge in [0.15, 0.2) is 11.9 Å². The standard InChI is InChI=1S/C23H26O6/c1-24-22-21-23(28-13-17-10-6-3-7-11-17)19(15-27-21)26-14-18(20(23)29-22)25-12-16-8-4-2-5-9-16/h2-11,18-22H,12-15H2,1H3/t18-,19-,20-,21-,22-,23-/m1/s1. The lowest BCUT2D eigenvalue weighted by atomic mass is 9.83. The number of hydrogen-bond acceptors (Lipinski definition) is 6. The number of hydrogen-bond donors (Lipinski definition) is 0. The van der Waals surface area contributed by atoms with Crippen LogP contribution in [0.3, 0.4) is 0 Å². The van der Waals surface area contributed by atoms with E-state index in [4.69, 9.17) is 28.4 Å². The van der Waals surface area contributed by atoms with Crippen LogP contribution in [0.2, 0.25) is 0 Å². The van der Waals surface area contributed by atoms with Crippen molar-refractivity contribution in [3.05, 3.63) is 71.8 Å². The van der Waals surface area contributed by atoms with E-state index in [0.29, 0.717) is 26.4 Å². The average molecular weight is 398 g/mol. The van der Waals surface area contributed by atoms with Gasteiger partial charge in [-0.15, -0.1) is 0 Å². The Kier molecular flexibility index (Phi) is 5.39. The zero-order chi connectivity index (χ0) is 19.7. The van der Waals surface area contributed by atoms with Gasteiger partial charge in [0.05, 0.1) is 26.4 Å². The summed E-state index contributed by atoms with van der Waals surface area (Å²) in [5.41, 5.74) is 1.44. The summed E-state index contributed by atoms with van der Waals surface area (Å²) in [5, 5.41) is 0. The highest BCUT2D eigenvalue weighted by atomic mass is 16.8. The van der Waals surface area contributed by atoms with Gasteiger partial charge in [0.25, 0.3) is 0 Å². The molecule has 0 saturated carbocycles. The molecular weight excluding hydrogens is 372 g/mol. The van der Waals surface area contributed by atoms with Gasteiger partial charge >= 0.3 is 0 Å². The second kappa shape index (κ2) is 8.14. The highest BCUT2D eigenvalue weighted by Gasteiger charge is 2.71. The Morgan fingerprint density at radius 1 is 0.862 bits per heavy atom. The van der Waals surface area contributed by atoms with Crippen molar-refractivity contribution in [1.29, 1.82) is 0 Å². The maximum absolute atomic E-state index is 6.55. The van der Waals surface area contributed by atoms with Crippen LogP contribution in [-0.4, -0.2) is 56.6 Å². The molecule has 0 unspecified atom stereocenters. The summed E-state index contributed by atoms with van der Waals surface area (Å²) in [5.74, 6) is 0. The molecule has 6 nitrogen and oxygen atoms in total. The minimum absolute atomic E-state index is 0.210. The second-order valence-corrected chi connectivity index (χ2v) is 7.70. The molecule has 3 fully saturated rings. The van der Waals surface area contributed by atoms with E-state index in [-0.39, 0.29) is 24.4 Å². The molecule has 0 radical (unpaired) electrons. The van der Waals surface area contributed by atoms with Crippen LogP contribution < -0.4 is 0 Å². The molecule has 5 rings (SSSR count). The summed E-state index contributed by atoms with van der Waals surface area (Å²) in [6.45, 7) is 1.83. The van der Waals surface area contributed by atoms with Crippen LogP contribution in [-0.2, 0) is 41.6 Å². The van der Waals surface area contributed by atoms with Crippen molar-refractivity contribution in [2.24, 2.45) is 0 Å². The molecule has 0 aliphatic carbocycles. The lowest BCUT2D eigenvalue weighted by molar-refractivity contribution is -0.254. The maximum atomic E-state index is 6.55. The predicted octanol–water partition coefficient (Wildman–Crippen LogP) is 2.70. The lowest BCUT2D eigenvalue weighted by Gasteiger charge is -2.44. The van der Waals surface area contributed by atoms with Crippen molar-refractivity contribution >= 4 is 0 Å². The molecule has 0 bridgehead atoms. The molecule has 6 heteroatoms. The zero-order valence-corrected chi connectivity index (χ0v) is 16.4. The van der Waals surface area contributed by atoms with Gasteiger partial charge in [0, 0.05) is 7.11 Å². The highest BCUT2D eigenvalue weighted by Crippen LogP contribution is 2.49. The Labute approximate surface area is 170 Å². The third-order valence-electron chi connectivity index (χ3n) is 6.02. The number of methoxy groups -OCH3 is 1.